The van der Waals surface area contributed by atoms with E-state index in [9.17, 15) is 4.79 Å². The Bertz CT molecular complexity index is 727. The summed E-state index contributed by atoms with van der Waals surface area (Å²) in [6.45, 7) is 5.99. The zero-order chi connectivity index (χ0) is 18.5. The second-order valence-electron chi connectivity index (χ2n) is 6.36. The number of hydrogen-bond donors (Lipinski definition) is 1. The van der Waals surface area contributed by atoms with Gasteiger partial charge in [0, 0.05) is 31.6 Å². The summed E-state index contributed by atoms with van der Waals surface area (Å²) in [6.07, 6.45) is 0. The summed E-state index contributed by atoms with van der Waals surface area (Å²) in [5.41, 5.74) is 0. The first-order valence-corrected chi connectivity index (χ1v) is 9.83. The number of morpholine rings is 1. The maximum Gasteiger partial charge on any atom is 0.317 e. The van der Waals surface area contributed by atoms with Gasteiger partial charge >= 0.3 is 6.03 Å². The highest BCUT2D eigenvalue weighted by molar-refractivity contribution is 7.16. The quantitative estimate of drug-likeness (QED) is 0.810. The molecule has 2 aromatic heterocycles. The van der Waals surface area contributed by atoms with E-state index in [0.29, 0.717) is 26.3 Å². The highest BCUT2D eigenvalue weighted by Gasteiger charge is 2.26. The molecular formula is C18H24ClN3O3S. The number of halogens is 1. The summed E-state index contributed by atoms with van der Waals surface area (Å²) >= 11 is 7.44. The van der Waals surface area contributed by atoms with Crippen molar-refractivity contribution in [2.24, 2.45) is 0 Å². The van der Waals surface area contributed by atoms with Crippen molar-refractivity contribution in [3.63, 3.8) is 0 Å². The smallest absolute Gasteiger partial charge is 0.317 e. The number of thiophene rings is 1. The van der Waals surface area contributed by atoms with Crippen LogP contribution in [0.2, 0.25) is 4.34 Å². The van der Waals surface area contributed by atoms with Gasteiger partial charge in [-0.3, -0.25) is 4.90 Å². The van der Waals surface area contributed by atoms with Gasteiger partial charge in [0.25, 0.3) is 0 Å². The zero-order valence-corrected chi connectivity index (χ0v) is 16.6. The number of carbonyl (C=O) groups excluding carboxylic acids is 1. The molecule has 0 radical (unpaired) electrons. The predicted molar refractivity (Wildman–Crippen MR) is 103 cm³/mol. The van der Waals surface area contributed by atoms with Crippen LogP contribution in [0.25, 0.3) is 0 Å². The minimum atomic E-state index is -0.115. The fourth-order valence-electron chi connectivity index (χ4n) is 2.99. The van der Waals surface area contributed by atoms with Crippen molar-refractivity contribution in [3.8, 4) is 0 Å². The Morgan fingerprint density at radius 3 is 2.73 bits per heavy atom. The molecule has 1 atom stereocenters. The van der Waals surface area contributed by atoms with Crippen molar-refractivity contribution in [2.45, 2.75) is 19.5 Å². The van der Waals surface area contributed by atoms with E-state index in [2.05, 4.69) is 10.2 Å². The van der Waals surface area contributed by atoms with Gasteiger partial charge in [-0.15, -0.1) is 11.3 Å². The molecule has 3 rings (SSSR count). The number of carbonyl (C=O) groups is 1. The van der Waals surface area contributed by atoms with Gasteiger partial charge in [-0.2, -0.15) is 0 Å². The lowest BCUT2D eigenvalue weighted by atomic mass is 10.1. The summed E-state index contributed by atoms with van der Waals surface area (Å²) in [5.74, 6) is 1.74. The molecule has 0 aromatic carbocycles. The fraction of sp³-hybridized carbons (Fsp3) is 0.500. The molecule has 3 heterocycles. The third kappa shape index (κ3) is 5.01. The van der Waals surface area contributed by atoms with Crippen molar-refractivity contribution in [2.75, 3.05) is 39.9 Å². The van der Waals surface area contributed by atoms with E-state index < -0.39 is 0 Å². The van der Waals surface area contributed by atoms with Crippen LogP contribution in [0.15, 0.2) is 28.7 Å². The molecule has 2 aromatic rings. The molecule has 0 spiro atoms. The highest BCUT2D eigenvalue weighted by atomic mass is 35.5. The summed E-state index contributed by atoms with van der Waals surface area (Å²) in [7, 11) is 1.78. The van der Waals surface area contributed by atoms with E-state index in [0.717, 1.165) is 33.8 Å². The summed E-state index contributed by atoms with van der Waals surface area (Å²) in [4.78, 5) is 17.5. The van der Waals surface area contributed by atoms with Crippen LogP contribution < -0.4 is 5.32 Å². The van der Waals surface area contributed by atoms with Gasteiger partial charge in [-0.1, -0.05) is 11.6 Å². The van der Waals surface area contributed by atoms with Gasteiger partial charge in [0.2, 0.25) is 0 Å². The third-order valence-corrected chi connectivity index (χ3v) is 5.61. The molecule has 1 fully saturated rings. The number of nitrogens with one attached hydrogen (secondary N) is 1. The third-order valence-electron chi connectivity index (χ3n) is 4.39. The standard InChI is InChI=1S/C18H24ClN3O3S/c1-13-3-5-16(25-13)15(22-7-9-24-10-8-22)11-20-18(23)21(2)12-14-4-6-17(19)26-14/h3-6,15H,7-12H2,1-2H3,(H,20,23). The first-order valence-electron chi connectivity index (χ1n) is 8.64. The Balaban J connectivity index is 1.60. The lowest BCUT2D eigenvalue weighted by Crippen LogP contribution is -2.45. The normalized spacial score (nSPS) is 16.4. The molecule has 2 amide bonds. The van der Waals surface area contributed by atoms with Crippen molar-refractivity contribution in [1.29, 1.82) is 0 Å². The first kappa shape index (κ1) is 19.2. The molecular weight excluding hydrogens is 374 g/mol. The van der Waals surface area contributed by atoms with E-state index in [1.54, 1.807) is 11.9 Å². The second-order valence-corrected chi connectivity index (χ2v) is 8.16. The number of furan rings is 1. The number of aryl methyl sites for hydroxylation is 1. The average Bonchev–Trinajstić information content (AvgIpc) is 3.24. The molecule has 1 unspecified atom stereocenters. The van der Waals surface area contributed by atoms with Crippen LogP contribution in [0.4, 0.5) is 4.79 Å². The highest BCUT2D eigenvalue weighted by Crippen LogP contribution is 2.24. The van der Waals surface area contributed by atoms with E-state index in [4.69, 9.17) is 20.8 Å². The maximum atomic E-state index is 12.5. The van der Waals surface area contributed by atoms with Crippen LogP contribution in [-0.4, -0.2) is 55.7 Å². The Morgan fingerprint density at radius 1 is 1.35 bits per heavy atom. The van der Waals surface area contributed by atoms with Crippen LogP contribution in [-0.2, 0) is 11.3 Å². The molecule has 1 N–H and O–H groups in total. The Labute approximate surface area is 162 Å². The van der Waals surface area contributed by atoms with Crippen molar-refractivity contribution < 1.29 is 13.9 Å². The van der Waals surface area contributed by atoms with Crippen molar-refractivity contribution >= 4 is 29.0 Å². The van der Waals surface area contributed by atoms with Crippen LogP contribution in [0.3, 0.4) is 0 Å². The first-order chi connectivity index (χ1) is 12.5. The molecule has 0 saturated carbocycles. The SMILES string of the molecule is Cc1ccc(C(CNC(=O)N(C)Cc2ccc(Cl)s2)N2CCOCC2)o1. The largest absolute Gasteiger partial charge is 0.465 e. The fourth-order valence-corrected chi connectivity index (χ4v) is 4.13. The molecule has 1 aliphatic heterocycles. The molecule has 1 saturated heterocycles. The van der Waals surface area contributed by atoms with Gasteiger partial charge in [0.05, 0.1) is 30.1 Å². The number of amides is 2. The Hall–Kier alpha value is -1.54. The minimum absolute atomic E-state index is 0.00105. The van der Waals surface area contributed by atoms with Crippen LogP contribution in [0, 0.1) is 6.92 Å². The monoisotopic (exact) mass is 397 g/mol. The summed E-state index contributed by atoms with van der Waals surface area (Å²) in [6, 6.07) is 7.62. The number of nitrogens with zero attached hydrogens (tertiary/aromatic N) is 2. The van der Waals surface area contributed by atoms with Crippen LogP contribution in [0.1, 0.15) is 22.4 Å². The lowest BCUT2D eigenvalue weighted by molar-refractivity contribution is 0.0119. The maximum absolute atomic E-state index is 12.5. The molecule has 0 aliphatic carbocycles. The second kappa shape index (κ2) is 8.90. The van der Waals surface area contributed by atoms with Gasteiger partial charge in [-0.25, -0.2) is 4.79 Å². The predicted octanol–water partition coefficient (Wildman–Crippen LogP) is 3.52. The molecule has 6 nitrogen and oxygen atoms in total. The van der Waals surface area contributed by atoms with Gasteiger partial charge in [0.15, 0.2) is 0 Å². The Morgan fingerprint density at radius 2 is 2.12 bits per heavy atom. The van der Waals surface area contributed by atoms with E-state index in [1.165, 1.54) is 11.3 Å². The van der Waals surface area contributed by atoms with Crippen LogP contribution >= 0.6 is 22.9 Å². The van der Waals surface area contributed by atoms with Gasteiger partial charge < -0.3 is 19.4 Å². The number of hydrogen-bond acceptors (Lipinski definition) is 5. The van der Waals surface area contributed by atoms with Crippen LogP contribution in [0.5, 0.6) is 0 Å². The number of urea groups is 1. The zero-order valence-electron chi connectivity index (χ0n) is 15.0. The van der Waals surface area contributed by atoms with E-state index in [-0.39, 0.29) is 12.1 Å². The average molecular weight is 398 g/mol. The van der Waals surface area contributed by atoms with E-state index >= 15 is 0 Å². The van der Waals surface area contributed by atoms with E-state index in [1.807, 2.05) is 31.2 Å². The summed E-state index contributed by atoms with van der Waals surface area (Å²) < 4.78 is 12.0. The molecule has 8 heteroatoms. The molecule has 142 valence electrons. The van der Waals surface area contributed by atoms with Crippen molar-refractivity contribution in [3.05, 3.63) is 45.0 Å². The van der Waals surface area contributed by atoms with Crippen molar-refractivity contribution in [1.82, 2.24) is 15.1 Å². The summed E-state index contributed by atoms with van der Waals surface area (Å²) in [5, 5.41) is 3.03. The molecule has 1 aliphatic rings. The Kier molecular flexibility index (Phi) is 6.58. The van der Waals surface area contributed by atoms with Gasteiger partial charge in [0.1, 0.15) is 11.5 Å². The molecule has 26 heavy (non-hydrogen) atoms. The number of rotatable bonds is 6. The minimum Gasteiger partial charge on any atom is -0.465 e. The van der Waals surface area contributed by atoms with Gasteiger partial charge in [-0.05, 0) is 31.2 Å². The lowest BCUT2D eigenvalue weighted by Gasteiger charge is -2.33. The topological polar surface area (TPSA) is 58.0 Å². The molecule has 0 bridgehead atoms. The number of ether oxygens (including phenoxy) is 1.